The van der Waals surface area contributed by atoms with Crippen LogP contribution in [0.3, 0.4) is 0 Å². The smallest absolute Gasteiger partial charge is 0.147 e. The van der Waals surface area contributed by atoms with E-state index in [2.05, 4.69) is 24.8 Å². The van der Waals surface area contributed by atoms with Gasteiger partial charge in [-0.05, 0) is 25.0 Å². The minimum atomic E-state index is -0.176. The quantitative estimate of drug-likeness (QED) is 0.794. The third-order valence-electron chi connectivity index (χ3n) is 5.03. The number of para-hydroxylation sites is 1. The molecule has 130 valence electrons. The molecule has 1 N–H and O–H groups in total. The molecule has 0 unspecified atom stereocenters. The fourth-order valence-corrected chi connectivity index (χ4v) is 3.61. The number of aromatic amines is 1. The van der Waals surface area contributed by atoms with Crippen LogP contribution in [0.15, 0.2) is 36.8 Å². The molecule has 1 aliphatic rings. The normalized spacial score (nSPS) is 15.8. The SMILES string of the molecule is Cc1[nH]c2c(F)cccc2c1CCN1CCN(c2cnccn2)CC1. The second-order valence-electron chi connectivity index (χ2n) is 6.53. The van der Waals surface area contributed by atoms with Gasteiger partial charge < -0.3 is 9.88 Å². The highest BCUT2D eigenvalue weighted by atomic mass is 19.1. The third kappa shape index (κ3) is 3.22. The molecule has 25 heavy (non-hydrogen) atoms. The summed E-state index contributed by atoms with van der Waals surface area (Å²) in [7, 11) is 0. The second-order valence-corrected chi connectivity index (χ2v) is 6.53. The zero-order chi connectivity index (χ0) is 17.2. The first-order valence-electron chi connectivity index (χ1n) is 8.71. The maximum Gasteiger partial charge on any atom is 0.147 e. The molecule has 0 amide bonds. The average molecular weight is 339 g/mol. The van der Waals surface area contributed by atoms with Gasteiger partial charge in [0.05, 0.1) is 11.7 Å². The molecule has 6 heteroatoms. The van der Waals surface area contributed by atoms with Crippen molar-refractivity contribution < 1.29 is 4.39 Å². The summed E-state index contributed by atoms with van der Waals surface area (Å²) in [6.45, 7) is 6.94. The van der Waals surface area contributed by atoms with Gasteiger partial charge in [0, 0.05) is 56.2 Å². The molecular formula is C19H22FN5. The topological polar surface area (TPSA) is 48.1 Å². The van der Waals surface area contributed by atoms with E-state index in [0.717, 1.165) is 56.0 Å². The summed E-state index contributed by atoms with van der Waals surface area (Å²) in [5, 5.41) is 1.01. The zero-order valence-electron chi connectivity index (χ0n) is 14.4. The molecule has 1 fully saturated rings. The Morgan fingerprint density at radius 1 is 1.16 bits per heavy atom. The Balaban J connectivity index is 1.39. The Morgan fingerprint density at radius 3 is 2.76 bits per heavy atom. The van der Waals surface area contributed by atoms with Crippen LogP contribution in [0.25, 0.3) is 10.9 Å². The van der Waals surface area contributed by atoms with Crippen molar-refractivity contribution in [2.24, 2.45) is 0 Å². The standard InChI is InChI=1S/C19H22FN5/c1-14-15(16-3-2-4-17(20)19(16)23-14)5-8-24-9-11-25(12-10-24)18-13-21-6-7-22-18/h2-4,6-7,13,23H,5,8-12H2,1H3. The van der Waals surface area contributed by atoms with Crippen molar-refractivity contribution in [3.05, 3.63) is 53.9 Å². The van der Waals surface area contributed by atoms with E-state index in [1.807, 2.05) is 19.2 Å². The lowest BCUT2D eigenvalue weighted by molar-refractivity contribution is 0.260. The Hall–Kier alpha value is -2.47. The molecule has 3 heterocycles. The maximum absolute atomic E-state index is 13.9. The van der Waals surface area contributed by atoms with E-state index in [4.69, 9.17) is 0 Å². The minimum absolute atomic E-state index is 0.176. The van der Waals surface area contributed by atoms with E-state index in [0.29, 0.717) is 5.52 Å². The van der Waals surface area contributed by atoms with Gasteiger partial charge in [0.2, 0.25) is 0 Å². The molecule has 0 atom stereocenters. The Labute approximate surface area is 146 Å². The molecule has 0 bridgehead atoms. The van der Waals surface area contributed by atoms with Crippen LogP contribution in [0.2, 0.25) is 0 Å². The van der Waals surface area contributed by atoms with E-state index >= 15 is 0 Å². The summed E-state index contributed by atoms with van der Waals surface area (Å²) in [5.41, 5.74) is 2.92. The first-order valence-corrected chi connectivity index (χ1v) is 8.71. The highest BCUT2D eigenvalue weighted by Crippen LogP contribution is 2.25. The number of rotatable bonds is 4. The van der Waals surface area contributed by atoms with Crippen molar-refractivity contribution in [2.75, 3.05) is 37.6 Å². The highest BCUT2D eigenvalue weighted by molar-refractivity contribution is 5.85. The summed E-state index contributed by atoms with van der Waals surface area (Å²) < 4.78 is 13.9. The lowest BCUT2D eigenvalue weighted by Gasteiger charge is -2.35. The van der Waals surface area contributed by atoms with E-state index in [1.54, 1.807) is 18.5 Å². The molecule has 0 saturated carbocycles. The summed E-state index contributed by atoms with van der Waals surface area (Å²) in [4.78, 5) is 16.4. The van der Waals surface area contributed by atoms with Crippen LogP contribution in [0, 0.1) is 12.7 Å². The Kier molecular flexibility index (Phi) is 4.36. The number of aromatic nitrogens is 3. The van der Waals surface area contributed by atoms with E-state index in [1.165, 1.54) is 11.6 Å². The molecule has 5 nitrogen and oxygen atoms in total. The van der Waals surface area contributed by atoms with Crippen molar-refractivity contribution in [1.29, 1.82) is 0 Å². The van der Waals surface area contributed by atoms with Gasteiger partial charge in [0.15, 0.2) is 0 Å². The maximum atomic E-state index is 13.9. The highest BCUT2D eigenvalue weighted by Gasteiger charge is 2.19. The molecule has 1 aromatic carbocycles. The number of anilines is 1. The number of halogens is 1. The number of H-pyrrole nitrogens is 1. The van der Waals surface area contributed by atoms with Crippen molar-refractivity contribution in [3.8, 4) is 0 Å². The van der Waals surface area contributed by atoms with Gasteiger partial charge in [-0.25, -0.2) is 9.37 Å². The number of piperazine rings is 1. The van der Waals surface area contributed by atoms with Crippen LogP contribution in [0.1, 0.15) is 11.3 Å². The van der Waals surface area contributed by atoms with E-state index in [9.17, 15) is 4.39 Å². The second kappa shape index (κ2) is 6.80. The van der Waals surface area contributed by atoms with Crippen LogP contribution < -0.4 is 4.90 Å². The lowest BCUT2D eigenvalue weighted by Crippen LogP contribution is -2.47. The predicted molar refractivity (Wildman–Crippen MR) is 97.4 cm³/mol. The van der Waals surface area contributed by atoms with E-state index < -0.39 is 0 Å². The zero-order valence-corrected chi connectivity index (χ0v) is 14.4. The van der Waals surface area contributed by atoms with Crippen molar-refractivity contribution in [1.82, 2.24) is 19.9 Å². The van der Waals surface area contributed by atoms with Crippen LogP contribution in [0.5, 0.6) is 0 Å². The Bertz CT molecular complexity index is 853. The van der Waals surface area contributed by atoms with Gasteiger partial charge in [-0.15, -0.1) is 0 Å². The average Bonchev–Trinajstić information content (AvgIpc) is 2.98. The van der Waals surface area contributed by atoms with Crippen molar-refractivity contribution in [2.45, 2.75) is 13.3 Å². The first-order chi connectivity index (χ1) is 12.2. The van der Waals surface area contributed by atoms with Crippen molar-refractivity contribution in [3.63, 3.8) is 0 Å². The lowest BCUT2D eigenvalue weighted by atomic mass is 10.1. The van der Waals surface area contributed by atoms with E-state index in [-0.39, 0.29) is 5.82 Å². The Morgan fingerprint density at radius 2 is 2.00 bits per heavy atom. The summed E-state index contributed by atoms with van der Waals surface area (Å²) in [5.74, 6) is 0.773. The number of hydrogen-bond donors (Lipinski definition) is 1. The number of fused-ring (bicyclic) bond motifs is 1. The predicted octanol–water partition coefficient (Wildman–Crippen LogP) is 2.77. The molecule has 1 saturated heterocycles. The molecule has 0 spiro atoms. The van der Waals surface area contributed by atoms with Crippen LogP contribution >= 0.6 is 0 Å². The van der Waals surface area contributed by atoms with Gasteiger partial charge in [-0.1, -0.05) is 12.1 Å². The number of nitrogens with zero attached hydrogens (tertiary/aromatic N) is 4. The molecule has 0 radical (unpaired) electrons. The fraction of sp³-hybridized carbons (Fsp3) is 0.368. The van der Waals surface area contributed by atoms with Gasteiger partial charge >= 0.3 is 0 Å². The summed E-state index contributed by atoms with van der Waals surface area (Å²) in [6.07, 6.45) is 6.19. The van der Waals surface area contributed by atoms with Crippen LogP contribution in [-0.2, 0) is 6.42 Å². The number of benzene rings is 1. The number of aryl methyl sites for hydroxylation is 1. The molecule has 2 aromatic heterocycles. The van der Waals surface area contributed by atoms with Gasteiger partial charge in [-0.2, -0.15) is 0 Å². The van der Waals surface area contributed by atoms with Crippen LogP contribution in [-0.4, -0.2) is 52.6 Å². The minimum Gasteiger partial charge on any atom is -0.356 e. The first kappa shape index (κ1) is 16.0. The molecule has 1 aliphatic heterocycles. The van der Waals surface area contributed by atoms with Crippen LogP contribution in [0.4, 0.5) is 10.2 Å². The monoisotopic (exact) mass is 339 g/mol. The summed E-state index contributed by atoms with van der Waals surface area (Å²) in [6, 6.07) is 5.30. The largest absolute Gasteiger partial charge is 0.356 e. The van der Waals surface area contributed by atoms with Gasteiger partial charge in [0.25, 0.3) is 0 Å². The number of nitrogens with one attached hydrogen (secondary N) is 1. The fourth-order valence-electron chi connectivity index (χ4n) is 3.61. The number of hydrogen-bond acceptors (Lipinski definition) is 4. The molecule has 3 aromatic rings. The molecular weight excluding hydrogens is 317 g/mol. The molecule has 0 aliphatic carbocycles. The van der Waals surface area contributed by atoms with Gasteiger partial charge in [0.1, 0.15) is 11.6 Å². The van der Waals surface area contributed by atoms with Crippen molar-refractivity contribution >= 4 is 16.7 Å². The third-order valence-corrected chi connectivity index (χ3v) is 5.03. The van der Waals surface area contributed by atoms with Gasteiger partial charge in [-0.3, -0.25) is 9.88 Å². The summed E-state index contributed by atoms with van der Waals surface area (Å²) >= 11 is 0. The molecule has 4 rings (SSSR count).